The summed E-state index contributed by atoms with van der Waals surface area (Å²) in [6.45, 7) is -0.334. The molecule has 0 fully saturated rings. The fourth-order valence-electron chi connectivity index (χ4n) is 1.62. The maximum absolute atomic E-state index is 12.4. The minimum atomic E-state index is -2.48. The molecule has 0 atom stereocenters. The van der Waals surface area contributed by atoms with Gasteiger partial charge in [0.15, 0.2) is 0 Å². The predicted octanol–water partition coefficient (Wildman–Crippen LogP) is 0.425. The summed E-state index contributed by atoms with van der Waals surface area (Å²) in [6.07, 6.45) is -0.988. The van der Waals surface area contributed by atoms with Gasteiger partial charge < -0.3 is 10.8 Å². The first-order valence-electron chi connectivity index (χ1n) is 5.44. The smallest absolute Gasteiger partial charge is 0.251 e. The lowest BCUT2D eigenvalue weighted by Crippen LogP contribution is -2.32. The first kappa shape index (κ1) is 14.5. The summed E-state index contributed by atoms with van der Waals surface area (Å²) in [5.41, 5.74) is 6.25. The van der Waals surface area contributed by atoms with Gasteiger partial charge in [-0.1, -0.05) is 6.07 Å². The third-order valence-corrected chi connectivity index (χ3v) is 2.35. The molecule has 0 unspecified atom stereocenters. The van der Waals surface area contributed by atoms with Crippen LogP contribution in [0, 0.1) is 5.41 Å². The second kappa shape index (κ2) is 6.97. The van der Waals surface area contributed by atoms with E-state index in [0.29, 0.717) is 5.56 Å². The van der Waals surface area contributed by atoms with Crippen LogP contribution in [-0.2, 0) is 6.54 Å². The van der Waals surface area contributed by atoms with Gasteiger partial charge in [-0.3, -0.25) is 15.3 Å². The molecule has 4 N–H and O–H groups in total. The quantitative estimate of drug-likeness (QED) is 0.489. The van der Waals surface area contributed by atoms with Crippen LogP contribution in [-0.4, -0.2) is 46.9 Å². The Morgan fingerprint density at radius 1 is 1.56 bits per heavy atom. The molecule has 0 spiro atoms. The monoisotopic (exact) mass is 258 g/mol. The molecule has 0 aliphatic carbocycles. The van der Waals surface area contributed by atoms with Crippen LogP contribution >= 0.6 is 0 Å². The highest BCUT2D eigenvalue weighted by Crippen LogP contribution is 2.10. The van der Waals surface area contributed by atoms with E-state index in [0.717, 1.165) is 0 Å². The fraction of sp³-hybridized carbons (Fsp3) is 0.455. The van der Waals surface area contributed by atoms with E-state index in [1.807, 2.05) is 0 Å². The number of nitrogens with zero attached hydrogens (tertiary/aromatic N) is 2. The number of nitrogens with one attached hydrogen (secondary N) is 1. The lowest BCUT2D eigenvalue weighted by atomic mass is 10.1. The topological polar surface area (TPSA) is 86.2 Å². The molecule has 18 heavy (non-hydrogen) atoms. The van der Waals surface area contributed by atoms with E-state index >= 15 is 0 Å². The Morgan fingerprint density at radius 3 is 2.83 bits per heavy atom. The predicted molar refractivity (Wildman–Crippen MR) is 63.6 cm³/mol. The number of alkyl halides is 2. The van der Waals surface area contributed by atoms with Crippen LogP contribution in [0.2, 0.25) is 0 Å². The first-order valence-corrected chi connectivity index (χ1v) is 5.44. The molecular formula is C11H16F2N4O. The van der Waals surface area contributed by atoms with Gasteiger partial charge in [0.25, 0.3) is 6.43 Å². The van der Waals surface area contributed by atoms with Gasteiger partial charge >= 0.3 is 0 Å². The number of amidine groups is 1. The molecule has 0 bridgehead atoms. The zero-order valence-electron chi connectivity index (χ0n) is 9.81. The second-order valence-electron chi connectivity index (χ2n) is 3.77. The first-order chi connectivity index (χ1) is 8.54. The van der Waals surface area contributed by atoms with Crippen LogP contribution in [0.5, 0.6) is 0 Å². The SMILES string of the molecule is N=C(N)c1ncccc1CN(CCO)CC(F)F. The number of hydrogen-bond donors (Lipinski definition) is 3. The molecule has 0 aliphatic heterocycles. The van der Waals surface area contributed by atoms with Crippen molar-refractivity contribution in [2.75, 3.05) is 19.7 Å². The molecule has 1 aromatic heterocycles. The van der Waals surface area contributed by atoms with Crippen molar-refractivity contribution in [2.45, 2.75) is 13.0 Å². The highest BCUT2D eigenvalue weighted by Gasteiger charge is 2.15. The van der Waals surface area contributed by atoms with E-state index < -0.39 is 13.0 Å². The number of aliphatic hydroxyl groups is 1. The second-order valence-corrected chi connectivity index (χ2v) is 3.77. The number of nitrogens with two attached hydrogens (primary N) is 1. The van der Waals surface area contributed by atoms with Crippen molar-refractivity contribution >= 4 is 5.84 Å². The minimum absolute atomic E-state index is 0.135. The molecule has 1 aromatic rings. The van der Waals surface area contributed by atoms with Gasteiger partial charge in [0.05, 0.1) is 13.2 Å². The van der Waals surface area contributed by atoms with Crippen LogP contribution in [0.3, 0.4) is 0 Å². The number of nitrogen functional groups attached to an aromatic ring is 1. The molecule has 5 nitrogen and oxygen atoms in total. The third-order valence-electron chi connectivity index (χ3n) is 2.35. The van der Waals surface area contributed by atoms with Crippen molar-refractivity contribution in [1.82, 2.24) is 9.88 Å². The van der Waals surface area contributed by atoms with Crippen molar-refractivity contribution < 1.29 is 13.9 Å². The van der Waals surface area contributed by atoms with Crippen molar-refractivity contribution in [1.29, 1.82) is 5.41 Å². The van der Waals surface area contributed by atoms with Gasteiger partial charge in [-0.05, 0) is 11.6 Å². The molecular weight excluding hydrogens is 242 g/mol. The molecule has 100 valence electrons. The molecule has 1 rings (SSSR count). The van der Waals surface area contributed by atoms with Gasteiger partial charge in [0.1, 0.15) is 11.5 Å². The molecule has 7 heteroatoms. The highest BCUT2D eigenvalue weighted by molar-refractivity contribution is 5.94. The van der Waals surface area contributed by atoms with E-state index in [4.69, 9.17) is 16.2 Å². The van der Waals surface area contributed by atoms with Crippen molar-refractivity contribution in [3.05, 3.63) is 29.6 Å². The highest BCUT2D eigenvalue weighted by atomic mass is 19.3. The van der Waals surface area contributed by atoms with E-state index in [1.54, 1.807) is 12.1 Å². The number of aliphatic hydroxyl groups excluding tert-OH is 1. The summed E-state index contributed by atoms with van der Waals surface area (Å²) < 4.78 is 24.7. The third kappa shape index (κ3) is 4.34. The summed E-state index contributed by atoms with van der Waals surface area (Å²) in [4.78, 5) is 5.34. The standard InChI is InChI=1S/C11H16F2N4O/c12-9(13)7-17(4-5-18)6-8-2-1-3-16-10(8)11(14)15/h1-3,9,18H,4-7H2,(H3,14,15). The van der Waals surface area contributed by atoms with Crippen LogP contribution < -0.4 is 5.73 Å². The van der Waals surface area contributed by atoms with Crippen molar-refractivity contribution in [3.63, 3.8) is 0 Å². The minimum Gasteiger partial charge on any atom is -0.395 e. The number of hydrogen-bond acceptors (Lipinski definition) is 4. The molecule has 0 saturated carbocycles. The van der Waals surface area contributed by atoms with E-state index in [1.165, 1.54) is 11.1 Å². The zero-order valence-corrected chi connectivity index (χ0v) is 9.81. The summed E-state index contributed by atoms with van der Waals surface area (Å²) in [5.74, 6) is -0.202. The average Bonchev–Trinajstić information content (AvgIpc) is 2.28. The maximum atomic E-state index is 12.4. The molecule has 0 aromatic carbocycles. The van der Waals surface area contributed by atoms with Crippen LogP contribution in [0.4, 0.5) is 8.78 Å². The summed E-state index contributed by atoms with van der Waals surface area (Å²) in [7, 11) is 0. The van der Waals surface area contributed by atoms with Crippen molar-refractivity contribution in [3.8, 4) is 0 Å². The van der Waals surface area contributed by atoms with Gasteiger partial charge in [-0.25, -0.2) is 8.78 Å². The Balaban J connectivity index is 2.82. The number of aromatic nitrogens is 1. The number of rotatable bonds is 7. The lowest BCUT2D eigenvalue weighted by molar-refractivity contribution is 0.0746. The Labute approximate surface area is 104 Å². The molecule has 0 radical (unpaired) electrons. The van der Waals surface area contributed by atoms with E-state index in [-0.39, 0.29) is 31.2 Å². The molecule has 0 amide bonds. The van der Waals surface area contributed by atoms with E-state index in [2.05, 4.69) is 4.98 Å². The van der Waals surface area contributed by atoms with Gasteiger partial charge in [-0.2, -0.15) is 0 Å². The maximum Gasteiger partial charge on any atom is 0.251 e. The Morgan fingerprint density at radius 2 is 2.28 bits per heavy atom. The van der Waals surface area contributed by atoms with Gasteiger partial charge in [-0.15, -0.1) is 0 Å². The Hall–Kier alpha value is -1.60. The lowest BCUT2D eigenvalue weighted by Gasteiger charge is -2.21. The van der Waals surface area contributed by atoms with Crippen LogP contribution in [0.15, 0.2) is 18.3 Å². The summed E-state index contributed by atoms with van der Waals surface area (Å²) in [6, 6.07) is 3.33. The van der Waals surface area contributed by atoms with Gasteiger partial charge in [0, 0.05) is 19.3 Å². The number of halogens is 2. The van der Waals surface area contributed by atoms with Crippen molar-refractivity contribution in [2.24, 2.45) is 5.73 Å². The molecule has 0 saturated heterocycles. The Kier molecular flexibility index (Phi) is 5.60. The normalized spacial score (nSPS) is 11.2. The van der Waals surface area contributed by atoms with Crippen LogP contribution in [0.25, 0.3) is 0 Å². The zero-order chi connectivity index (χ0) is 13.5. The average molecular weight is 258 g/mol. The van der Waals surface area contributed by atoms with Crippen LogP contribution in [0.1, 0.15) is 11.3 Å². The molecule has 1 heterocycles. The fourth-order valence-corrected chi connectivity index (χ4v) is 1.62. The molecule has 0 aliphatic rings. The summed E-state index contributed by atoms with van der Waals surface area (Å²) in [5, 5.41) is 16.2. The summed E-state index contributed by atoms with van der Waals surface area (Å²) >= 11 is 0. The van der Waals surface area contributed by atoms with Gasteiger partial charge in [0.2, 0.25) is 0 Å². The van der Waals surface area contributed by atoms with E-state index in [9.17, 15) is 8.78 Å². The Bertz CT molecular complexity index is 400. The number of pyridine rings is 1. The largest absolute Gasteiger partial charge is 0.395 e.